The van der Waals surface area contributed by atoms with Crippen molar-refractivity contribution in [2.75, 3.05) is 48.8 Å². The van der Waals surface area contributed by atoms with E-state index in [1.54, 1.807) is 0 Å². The monoisotopic (exact) mass is 339 g/mol. The number of aliphatic hydroxyl groups is 3. The predicted octanol–water partition coefficient (Wildman–Crippen LogP) is -1.06. The highest BCUT2D eigenvalue weighted by Crippen LogP contribution is 2.36. The van der Waals surface area contributed by atoms with Gasteiger partial charge in [-0.3, -0.25) is 0 Å². The van der Waals surface area contributed by atoms with Crippen LogP contribution < -0.4 is 16.0 Å². The lowest BCUT2D eigenvalue weighted by molar-refractivity contribution is -0.178. The molecule has 2 fully saturated rings. The zero-order valence-corrected chi connectivity index (χ0v) is 13.6. The molecule has 0 unspecified atom stereocenters. The molecule has 0 aliphatic carbocycles. The first kappa shape index (κ1) is 17.2. The van der Waals surface area contributed by atoms with E-state index in [4.69, 9.17) is 15.6 Å². The average molecular weight is 339 g/mol. The largest absolute Gasteiger partial charge is 0.395 e. The first-order chi connectivity index (χ1) is 11.5. The molecule has 2 atom stereocenters. The molecule has 2 aliphatic heterocycles. The van der Waals surface area contributed by atoms with Crippen molar-refractivity contribution in [1.29, 1.82) is 0 Å². The average Bonchev–Trinajstić information content (AvgIpc) is 2.57. The molecule has 3 rings (SSSR count). The molecule has 9 nitrogen and oxygen atoms in total. The fraction of sp³-hybridized carbons (Fsp3) is 0.733. The standard InChI is InChI=1S/C15H25N5O4/c16-14-18-12(17-3-6-21)7-13(19-14)20-4-1-15(2-5-20)8-10(22)11(23)9-24-15/h7,10-11,21-23H,1-6,8-9H2,(H3,16,17,18,19)/t10-,11+/m1/s1. The number of anilines is 3. The summed E-state index contributed by atoms with van der Waals surface area (Å²) in [4.78, 5) is 10.5. The fourth-order valence-electron chi connectivity index (χ4n) is 3.33. The van der Waals surface area contributed by atoms with Gasteiger partial charge in [0.25, 0.3) is 0 Å². The maximum atomic E-state index is 9.92. The Morgan fingerprint density at radius 3 is 2.71 bits per heavy atom. The molecule has 1 aromatic heterocycles. The molecule has 6 N–H and O–H groups in total. The van der Waals surface area contributed by atoms with E-state index < -0.39 is 12.2 Å². The van der Waals surface area contributed by atoms with E-state index in [-0.39, 0.29) is 24.8 Å². The molecule has 9 heteroatoms. The van der Waals surface area contributed by atoms with Crippen LogP contribution in [0.5, 0.6) is 0 Å². The van der Waals surface area contributed by atoms with E-state index >= 15 is 0 Å². The minimum atomic E-state index is -0.796. The topological polar surface area (TPSA) is 137 Å². The second kappa shape index (κ2) is 7.06. The van der Waals surface area contributed by atoms with Gasteiger partial charge in [-0.1, -0.05) is 0 Å². The normalized spacial score (nSPS) is 26.5. The zero-order valence-electron chi connectivity index (χ0n) is 13.6. The van der Waals surface area contributed by atoms with Gasteiger partial charge in [0.05, 0.1) is 24.9 Å². The minimum absolute atomic E-state index is 0.0109. The summed E-state index contributed by atoms with van der Waals surface area (Å²) in [5.41, 5.74) is 5.40. The quantitative estimate of drug-likeness (QED) is 0.465. The van der Waals surface area contributed by atoms with Crippen LogP contribution in [0, 0.1) is 0 Å². The molecule has 2 aliphatic rings. The smallest absolute Gasteiger partial charge is 0.223 e. The van der Waals surface area contributed by atoms with Crippen molar-refractivity contribution in [3.8, 4) is 0 Å². The molecule has 1 spiro atoms. The van der Waals surface area contributed by atoms with Crippen LogP contribution in [0.15, 0.2) is 6.07 Å². The summed E-state index contributed by atoms with van der Waals surface area (Å²) in [5, 5.41) is 31.4. The fourth-order valence-corrected chi connectivity index (χ4v) is 3.33. The number of hydrogen-bond donors (Lipinski definition) is 5. The van der Waals surface area contributed by atoms with Crippen LogP contribution in [0.25, 0.3) is 0 Å². The van der Waals surface area contributed by atoms with E-state index in [1.165, 1.54) is 0 Å². The van der Waals surface area contributed by atoms with Crippen molar-refractivity contribution in [2.45, 2.75) is 37.1 Å². The summed E-state index contributed by atoms with van der Waals surface area (Å²) in [6.45, 7) is 2.03. The molecule has 0 amide bonds. The molecule has 2 saturated heterocycles. The van der Waals surface area contributed by atoms with Gasteiger partial charge in [-0.25, -0.2) is 0 Å². The van der Waals surface area contributed by atoms with Crippen molar-refractivity contribution in [1.82, 2.24) is 9.97 Å². The van der Waals surface area contributed by atoms with Gasteiger partial charge in [0, 0.05) is 32.1 Å². The lowest BCUT2D eigenvalue weighted by Gasteiger charge is -2.46. The van der Waals surface area contributed by atoms with Crippen LogP contribution >= 0.6 is 0 Å². The molecule has 3 heterocycles. The molecule has 0 aromatic carbocycles. The van der Waals surface area contributed by atoms with Crippen molar-refractivity contribution in [3.63, 3.8) is 0 Å². The van der Waals surface area contributed by atoms with E-state index in [0.717, 1.165) is 31.7 Å². The summed E-state index contributed by atoms with van der Waals surface area (Å²) in [6, 6.07) is 1.81. The SMILES string of the molecule is Nc1nc(NCCO)cc(N2CCC3(CC2)C[C@@H](O)[C@@H](O)CO3)n1. The van der Waals surface area contributed by atoms with Crippen LogP contribution in [0.1, 0.15) is 19.3 Å². The Morgan fingerprint density at radius 1 is 1.29 bits per heavy atom. The van der Waals surface area contributed by atoms with Gasteiger partial charge >= 0.3 is 0 Å². The van der Waals surface area contributed by atoms with Gasteiger partial charge in [0.15, 0.2) is 0 Å². The number of aliphatic hydroxyl groups excluding tert-OH is 3. The molecule has 0 bridgehead atoms. The molecule has 0 radical (unpaired) electrons. The second-order valence-corrected chi connectivity index (χ2v) is 6.44. The number of piperidine rings is 1. The van der Waals surface area contributed by atoms with Crippen LogP contribution in [-0.2, 0) is 4.74 Å². The summed E-state index contributed by atoms with van der Waals surface area (Å²) < 4.78 is 5.84. The first-order valence-corrected chi connectivity index (χ1v) is 8.26. The number of rotatable bonds is 4. The van der Waals surface area contributed by atoms with Crippen LogP contribution in [0.2, 0.25) is 0 Å². The lowest BCUT2D eigenvalue weighted by atomic mass is 9.82. The van der Waals surface area contributed by atoms with Gasteiger partial charge in [-0.05, 0) is 12.8 Å². The molecule has 1 aromatic rings. The van der Waals surface area contributed by atoms with Crippen molar-refractivity contribution in [2.24, 2.45) is 0 Å². The Bertz CT molecular complexity index is 565. The van der Waals surface area contributed by atoms with Gasteiger partial charge in [-0.15, -0.1) is 0 Å². The summed E-state index contributed by atoms with van der Waals surface area (Å²) in [5.74, 6) is 1.49. The van der Waals surface area contributed by atoms with Crippen LogP contribution in [-0.4, -0.2) is 75.9 Å². The van der Waals surface area contributed by atoms with Gasteiger partial charge < -0.3 is 36.0 Å². The maximum Gasteiger partial charge on any atom is 0.223 e. The third kappa shape index (κ3) is 3.69. The van der Waals surface area contributed by atoms with Crippen LogP contribution in [0.4, 0.5) is 17.6 Å². The van der Waals surface area contributed by atoms with E-state index in [9.17, 15) is 10.2 Å². The van der Waals surface area contributed by atoms with E-state index in [2.05, 4.69) is 20.2 Å². The minimum Gasteiger partial charge on any atom is -0.395 e. The van der Waals surface area contributed by atoms with Crippen molar-refractivity contribution >= 4 is 17.6 Å². The van der Waals surface area contributed by atoms with E-state index in [0.29, 0.717) is 18.8 Å². The molecule has 0 saturated carbocycles. The number of nitrogens with one attached hydrogen (secondary N) is 1. The molecule has 24 heavy (non-hydrogen) atoms. The molecular weight excluding hydrogens is 314 g/mol. The Balaban J connectivity index is 1.65. The predicted molar refractivity (Wildman–Crippen MR) is 88.8 cm³/mol. The third-order valence-corrected chi connectivity index (χ3v) is 4.73. The number of hydrogen-bond acceptors (Lipinski definition) is 9. The Kier molecular flexibility index (Phi) is 5.04. The van der Waals surface area contributed by atoms with Gasteiger partial charge in [-0.2, -0.15) is 9.97 Å². The van der Waals surface area contributed by atoms with E-state index in [1.807, 2.05) is 6.07 Å². The highest BCUT2D eigenvalue weighted by Gasteiger charge is 2.43. The first-order valence-electron chi connectivity index (χ1n) is 8.26. The number of nitrogens with two attached hydrogens (primary N) is 1. The summed E-state index contributed by atoms with van der Waals surface area (Å²) in [7, 11) is 0. The molecular formula is C15H25N5O4. The Hall–Kier alpha value is -1.68. The van der Waals surface area contributed by atoms with Gasteiger partial charge in [0.1, 0.15) is 17.7 Å². The van der Waals surface area contributed by atoms with Crippen molar-refractivity contribution < 1.29 is 20.1 Å². The third-order valence-electron chi connectivity index (χ3n) is 4.73. The maximum absolute atomic E-state index is 9.92. The number of nitrogens with zero attached hydrogens (tertiary/aromatic N) is 3. The zero-order chi connectivity index (χ0) is 17.2. The second-order valence-electron chi connectivity index (χ2n) is 6.44. The number of ether oxygens (including phenoxy) is 1. The summed E-state index contributed by atoms with van der Waals surface area (Å²) >= 11 is 0. The molecule has 134 valence electrons. The Labute approximate surface area is 140 Å². The van der Waals surface area contributed by atoms with Gasteiger partial charge in [0.2, 0.25) is 5.95 Å². The highest BCUT2D eigenvalue weighted by atomic mass is 16.5. The van der Waals surface area contributed by atoms with Crippen LogP contribution in [0.3, 0.4) is 0 Å². The number of aromatic nitrogens is 2. The highest BCUT2D eigenvalue weighted by molar-refractivity contribution is 5.53. The van der Waals surface area contributed by atoms with Crippen molar-refractivity contribution in [3.05, 3.63) is 6.07 Å². The Morgan fingerprint density at radius 2 is 2.04 bits per heavy atom. The lowest BCUT2D eigenvalue weighted by Crippen LogP contribution is -2.54. The number of nitrogen functional groups attached to an aromatic ring is 1. The summed E-state index contributed by atoms with van der Waals surface area (Å²) in [6.07, 6.45) is 0.432.